The van der Waals surface area contributed by atoms with Crippen molar-refractivity contribution in [2.45, 2.75) is 25.5 Å². The van der Waals surface area contributed by atoms with E-state index < -0.39 is 0 Å². The number of hydrogen-bond acceptors (Lipinski definition) is 4. The third-order valence-corrected chi connectivity index (χ3v) is 4.11. The van der Waals surface area contributed by atoms with Gasteiger partial charge in [0.2, 0.25) is 0 Å². The predicted octanol–water partition coefficient (Wildman–Crippen LogP) is 2.15. The number of benzene rings is 1. The van der Waals surface area contributed by atoms with E-state index in [1.807, 2.05) is 32.3 Å². The number of β-amino-alcohol motifs (C(OH)–C–C–N with tert-alkyl or cyclic N) is 1. The molecule has 4 nitrogen and oxygen atoms in total. The van der Waals surface area contributed by atoms with Gasteiger partial charge < -0.3 is 14.9 Å². The average molecular weight is 341 g/mol. The number of carbonyl (C=O) groups is 1. The third kappa shape index (κ3) is 3.40. The van der Waals surface area contributed by atoms with Crippen molar-refractivity contribution in [3.63, 3.8) is 0 Å². The molecule has 0 radical (unpaired) electrons. The van der Waals surface area contributed by atoms with Gasteiger partial charge in [0, 0.05) is 34.9 Å². The molecule has 2 unspecified atom stereocenters. The molecule has 110 valence electrons. The van der Waals surface area contributed by atoms with Gasteiger partial charge in [-0.2, -0.15) is 0 Å². The molecule has 2 rings (SSSR count). The molecule has 0 aromatic heterocycles. The summed E-state index contributed by atoms with van der Waals surface area (Å²) in [5.74, 6) is 0.0475. The Morgan fingerprint density at radius 2 is 2.20 bits per heavy atom. The first-order valence-electron chi connectivity index (χ1n) is 6.78. The van der Waals surface area contributed by atoms with Gasteiger partial charge in [0.15, 0.2) is 5.78 Å². The number of anilines is 1. The monoisotopic (exact) mass is 340 g/mol. The van der Waals surface area contributed by atoms with Crippen LogP contribution in [0.15, 0.2) is 22.7 Å². The Labute approximate surface area is 128 Å². The van der Waals surface area contributed by atoms with Crippen LogP contribution in [0.3, 0.4) is 0 Å². The third-order valence-electron chi connectivity index (χ3n) is 3.62. The van der Waals surface area contributed by atoms with E-state index in [1.54, 1.807) is 6.92 Å². The average Bonchev–Trinajstić information content (AvgIpc) is 2.69. The Hall–Kier alpha value is -0.910. The van der Waals surface area contributed by atoms with E-state index in [0.717, 1.165) is 23.1 Å². The van der Waals surface area contributed by atoms with Crippen LogP contribution in [-0.2, 0) is 0 Å². The van der Waals surface area contributed by atoms with E-state index in [1.165, 1.54) is 0 Å². The second-order valence-electron chi connectivity index (χ2n) is 5.68. The first kappa shape index (κ1) is 15.5. The second-order valence-corrected chi connectivity index (χ2v) is 6.59. The molecule has 1 aliphatic heterocycles. The number of carbonyl (C=O) groups excluding carboxylic acids is 1. The summed E-state index contributed by atoms with van der Waals surface area (Å²) in [6.45, 7) is 3.03. The molecule has 1 aromatic carbocycles. The molecule has 1 heterocycles. The Kier molecular flexibility index (Phi) is 4.83. The zero-order valence-electron chi connectivity index (χ0n) is 12.1. The second kappa shape index (κ2) is 6.24. The summed E-state index contributed by atoms with van der Waals surface area (Å²) in [4.78, 5) is 16.1. The van der Waals surface area contributed by atoms with Crippen LogP contribution in [0.1, 0.15) is 23.7 Å². The van der Waals surface area contributed by atoms with Crippen molar-refractivity contribution >= 4 is 27.4 Å². The fourth-order valence-electron chi connectivity index (χ4n) is 2.82. The molecule has 20 heavy (non-hydrogen) atoms. The summed E-state index contributed by atoms with van der Waals surface area (Å²) in [7, 11) is 4.05. The van der Waals surface area contributed by atoms with Crippen molar-refractivity contribution in [3.8, 4) is 0 Å². The van der Waals surface area contributed by atoms with Gasteiger partial charge in [0.1, 0.15) is 0 Å². The summed E-state index contributed by atoms with van der Waals surface area (Å²) in [6, 6.07) is 6.00. The number of aliphatic hydroxyl groups excluding tert-OH is 1. The van der Waals surface area contributed by atoms with Gasteiger partial charge >= 0.3 is 0 Å². The molecule has 0 bridgehead atoms. The van der Waals surface area contributed by atoms with Crippen molar-refractivity contribution < 1.29 is 9.90 Å². The molecule has 0 amide bonds. The van der Waals surface area contributed by atoms with Crippen LogP contribution in [0.5, 0.6) is 0 Å². The lowest BCUT2D eigenvalue weighted by Crippen LogP contribution is -2.38. The summed E-state index contributed by atoms with van der Waals surface area (Å²) in [6.07, 6.45) is 0.411. The predicted molar refractivity (Wildman–Crippen MR) is 84.5 cm³/mol. The van der Waals surface area contributed by atoms with Gasteiger partial charge in [-0.25, -0.2) is 0 Å². The smallest absolute Gasteiger partial charge is 0.161 e. The standard InChI is InChI=1S/C15H21BrN2O2/c1-10(19)14-6-11(16)4-5-15(14)18-9-13(20)7-12(18)8-17(2)3/h4-6,12-13,20H,7-9H2,1-3H3. The summed E-state index contributed by atoms with van der Waals surface area (Å²) < 4.78 is 0.898. The first-order valence-corrected chi connectivity index (χ1v) is 7.57. The van der Waals surface area contributed by atoms with Crippen LogP contribution >= 0.6 is 15.9 Å². The Bertz CT molecular complexity index is 505. The number of likely N-dealkylation sites (N-methyl/N-ethyl adjacent to an activating group) is 1. The number of Topliss-reactive ketones (excluding diaryl/α,β-unsaturated/α-hetero) is 1. The molecule has 1 aromatic rings. The SMILES string of the molecule is CC(=O)c1cc(Br)ccc1N1CC(O)CC1CN(C)C. The zero-order valence-corrected chi connectivity index (χ0v) is 13.7. The quantitative estimate of drug-likeness (QED) is 0.853. The van der Waals surface area contributed by atoms with Crippen LogP contribution < -0.4 is 4.90 Å². The van der Waals surface area contributed by atoms with E-state index in [0.29, 0.717) is 12.1 Å². The van der Waals surface area contributed by atoms with Crippen LogP contribution in [-0.4, -0.2) is 55.1 Å². The lowest BCUT2D eigenvalue weighted by atomic mass is 10.1. The molecule has 1 N–H and O–H groups in total. The maximum absolute atomic E-state index is 11.9. The number of rotatable bonds is 4. The van der Waals surface area contributed by atoms with E-state index in [2.05, 4.69) is 25.7 Å². The van der Waals surface area contributed by atoms with E-state index in [-0.39, 0.29) is 17.9 Å². The minimum absolute atomic E-state index is 0.0475. The summed E-state index contributed by atoms with van der Waals surface area (Å²) in [5.41, 5.74) is 1.63. The number of halogens is 1. The number of nitrogens with zero attached hydrogens (tertiary/aromatic N) is 2. The van der Waals surface area contributed by atoms with Gasteiger partial charge in [-0.15, -0.1) is 0 Å². The molecule has 5 heteroatoms. The molecule has 0 saturated carbocycles. The van der Waals surface area contributed by atoms with E-state index in [4.69, 9.17) is 0 Å². The van der Waals surface area contributed by atoms with Gasteiger partial charge in [-0.3, -0.25) is 4.79 Å². The molecular formula is C15H21BrN2O2. The lowest BCUT2D eigenvalue weighted by Gasteiger charge is -2.30. The Balaban J connectivity index is 2.36. The largest absolute Gasteiger partial charge is 0.391 e. The van der Waals surface area contributed by atoms with Crippen molar-refractivity contribution in [2.24, 2.45) is 0 Å². The van der Waals surface area contributed by atoms with Gasteiger partial charge in [-0.1, -0.05) is 15.9 Å². The van der Waals surface area contributed by atoms with Crippen molar-refractivity contribution in [1.29, 1.82) is 0 Å². The minimum Gasteiger partial charge on any atom is -0.391 e. The highest BCUT2D eigenvalue weighted by molar-refractivity contribution is 9.10. The minimum atomic E-state index is -0.330. The maximum atomic E-state index is 11.9. The number of hydrogen-bond donors (Lipinski definition) is 1. The van der Waals surface area contributed by atoms with E-state index in [9.17, 15) is 9.90 Å². The Morgan fingerprint density at radius 1 is 1.50 bits per heavy atom. The molecular weight excluding hydrogens is 320 g/mol. The summed E-state index contributed by atoms with van der Waals surface area (Å²) >= 11 is 3.41. The summed E-state index contributed by atoms with van der Waals surface area (Å²) in [5, 5.41) is 9.97. The highest BCUT2D eigenvalue weighted by Gasteiger charge is 2.32. The molecule has 1 aliphatic rings. The molecule has 1 saturated heterocycles. The van der Waals surface area contributed by atoms with Crippen molar-refractivity contribution in [3.05, 3.63) is 28.2 Å². The van der Waals surface area contributed by atoms with Gasteiger partial charge in [0.25, 0.3) is 0 Å². The van der Waals surface area contributed by atoms with E-state index >= 15 is 0 Å². The Morgan fingerprint density at radius 3 is 2.80 bits per heavy atom. The first-order chi connectivity index (χ1) is 9.38. The zero-order chi connectivity index (χ0) is 14.9. The highest BCUT2D eigenvalue weighted by atomic mass is 79.9. The molecule has 1 fully saturated rings. The fourth-order valence-corrected chi connectivity index (χ4v) is 3.18. The molecule has 0 spiro atoms. The van der Waals surface area contributed by atoms with Crippen LogP contribution in [0.25, 0.3) is 0 Å². The number of ketones is 1. The topological polar surface area (TPSA) is 43.8 Å². The molecule has 0 aliphatic carbocycles. The maximum Gasteiger partial charge on any atom is 0.161 e. The van der Waals surface area contributed by atoms with Crippen LogP contribution in [0.2, 0.25) is 0 Å². The van der Waals surface area contributed by atoms with Gasteiger partial charge in [-0.05, 0) is 45.6 Å². The van der Waals surface area contributed by atoms with Crippen LogP contribution in [0.4, 0.5) is 5.69 Å². The number of aliphatic hydroxyl groups is 1. The normalized spacial score (nSPS) is 22.6. The molecule has 2 atom stereocenters. The fraction of sp³-hybridized carbons (Fsp3) is 0.533. The van der Waals surface area contributed by atoms with Crippen molar-refractivity contribution in [2.75, 3.05) is 32.1 Å². The van der Waals surface area contributed by atoms with Gasteiger partial charge in [0.05, 0.1) is 6.10 Å². The van der Waals surface area contributed by atoms with Crippen molar-refractivity contribution in [1.82, 2.24) is 4.90 Å². The highest BCUT2D eigenvalue weighted by Crippen LogP contribution is 2.31. The lowest BCUT2D eigenvalue weighted by molar-refractivity contribution is 0.101. The van der Waals surface area contributed by atoms with Crippen LogP contribution in [0, 0.1) is 0 Å².